The minimum absolute atomic E-state index is 0.131. The predicted octanol–water partition coefficient (Wildman–Crippen LogP) is 7.72. The van der Waals surface area contributed by atoms with Crippen molar-refractivity contribution in [2.45, 2.75) is 18.3 Å². The van der Waals surface area contributed by atoms with Crippen molar-refractivity contribution in [1.82, 2.24) is 0 Å². The molecule has 0 aromatic heterocycles. The van der Waals surface area contributed by atoms with Gasteiger partial charge in [0.15, 0.2) is 5.78 Å². The molecule has 0 bridgehead atoms. The summed E-state index contributed by atoms with van der Waals surface area (Å²) in [5.74, 6) is 0.131. The van der Waals surface area contributed by atoms with E-state index >= 15 is 0 Å². The fourth-order valence-electron chi connectivity index (χ4n) is 4.12. The Morgan fingerprint density at radius 3 is 2.12 bits per heavy atom. The maximum absolute atomic E-state index is 14.1. The number of allylic oxidation sites excluding steroid dienone is 1. The Bertz CT molecular complexity index is 1180. The zero-order chi connectivity index (χ0) is 22.2. The molecule has 0 amide bonds. The summed E-state index contributed by atoms with van der Waals surface area (Å²) in [5, 5.41) is 0. The number of rotatable bonds is 8. The molecule has 1 nitrogen and oxygen atoms in total. The number of hydrogen-bond donors (Lipinski definition) is 0. The van der Waals surface area contributed by atoms with E-state index in [-0.39, 0.29) is 5.78 Å². The average Bonchev–Trinajstić information content (AvgIpc) is 2.85. The van der Waals surface area contributed by atoms with E-state index in [1.54, 1.807) is 0 Å². The van der Waals surface area contributed by atoms with Gasteiger partial charge in [-0.3, -0.25) is 4.79 Å². The van der Waals surface area contributed by atoms with Gasteiger partial charge in [-0.25, -0.2) is 0 Å². The minimum atomic E-state index is -0.727. The average molecular weight is 480 g/mol. The third-order valence-electron chi connectivity index (χ3n) is 5.71. The second kappa shape index (κ2) is 10.4. The van der Waals surface area contributed by atoms with Gasteiger partial charge in [0.1, 0.15) is 0 Å². The highest BCUT2D eigenvalue weighted by Gasteiger charge is 2.39. The van der Waals surface area contributed by atoms with Gasteiger partial charge in [-0.15, -0.1) is 0 Å². The van der Waals surface area contributed by atoms with Crippen LogP contribution in [-0.4, -0.2) is 5.78 Å². The first-order valence-electron chi connectivity index (χ1n) is 10.7. The van der Waals surface area contributed by atoms with E-state index in [0.29, 0.717) is 12.8 Å². The van der Waals surface area contributed by atoms with Gasteiger partial charge in [-0.2, -0.15) is 0 Å². The maximum Gasteiger partial charge on any atom is 0.174 e. The molecule has 0 aliphatic rings. The van der Waals surface area contributed by atoms with Crippen LogP contribution in [0.4, 0.5) is 0 Å². The van der Waals surface area contributed by atoms with Crippen molar-refractivity contribution >= 4 is 27.8 Å². The van der Waals surface area contributed by atoms with Crippen molar-refractivity contribution < 1.29 is 4.79 Å². The molecule has 0 saturated carbocycles. The van der Waals surface area contributed by atoms with Gasteiger partial charge in [0, 0.05) is 10.0 Å². The SMILES string of the molecule is O=C(c1ccccc1)C(C/C=C/c1ccccc1)(Cc1cc[c]c(Br)c1)c1ccccc1. The molecule has 4 rings (SSSR count). The lowest BCUT2D eigenvalue weighted by Gasteiger charge is -2.33. The molecular weight excluding hydrogens is 456 g/mol. The van der Waals surface area contributed by atoms with Gasteiger partial charge < -0.3 is 0 Å². The number of ketones is 1. The summed E-state index contributed by atoms with van der Waals surface area (Å²) >= 11 is 3.54. The molecule has 157 valence electrons. The lowest BCUT2D eigenvalue weighted by molar-refractivity contribution is 0.0882. The molecular formula is C30H24BrO. The van der Waals surface area contributed by atoms with Gasteiger partial charge in [-0.1, -0.05) is 131 Å². The van der Waals surface area contributed by atoms with Crippen LogP contribution in [0.15, 0.2) is 120 Å². The van der Waals surface area contributed by atoms with Crippen molar-refractivity contribution in [3.8, 4) is 0 Å². The fourth-order valence-corrected chi connectivity index (χ4v) is 4.54. The van der Waals surface area contributed by atoms with Gasteiger partial charge in [0.2, 0.25) is 0 Å². The Morgan fingerprint density at radius 1 is 0.844 bits per heavy atom. The molecule has 0 heterocycles. The molecule has 0 N–H and O–H groups in total. The van der Waals surface area contributed by atoms with E-state index in [2.05, 4.69) is 64.5 Å². The Labute approximate surface area is 198 Å². The first kappa shape index (κ1) is 22.0. The summed E-state index contributed by atoms with van der Waals surface area (Å²) in [5.41, 5.74) is 3.24. The van der Waals surface area contributed by atoms with Gasteiger partial charge in [0.25, 0.3) is 0 Å². The van der Waals surface area contributed by atoms with Crippen LogP contribution in [-0.2, 0) is 11.8 Å². The molecule has 1 atom stereocenters. The normalized spacial score (nSPS) is 13.0. The molecule has 4 aromatic rings. The summed E-state index contributed by atoms with van der Waals surface area (Å²) in [6, 6.07) is 39.1. The van der Waals surface area contributed by atoms with E-state index in [1.807, 2.05) is 78.9 Å². The van der Waals surface area contributed by atoms with Crippen LogP contribution in [0.2, 0.25) is 0 Å². The maximum atomic E-state index is 14.1. The third kappa shape index (κ3) is 5.15. The molecule has 32 heavy (non-hydrogen) atoms. The van der Waals surface area contributed by atoms with Gasteiger partial charge >= 0.3 is 0 Å². The number of carbonyl (C=O) groups is 1. The molecule has 0 aliphatic carbocycles. The van der Waals surface area contributed by atoms with E-state index in [0.717, 1.165) is 26.7 Å². The van der Waals surface area contributed by atoms with Crippen molar-refractivity contribution in [3.63, 3.8) is 0 Å². The largest absolute Gasteiger partial charge is 0.293 e. The molecule has 0 spiro atoms. The first-order valence-corrected chi connectivity index (χ1v) is 11.5. The zero-order valence-corrected chi connectivity index (χ0v) is 19.3. The summed E-state index contributed by atoms with van der Waals surface area (Å²) in [4.78, 5) is 14.1. The molecule has 0 fully saturated rings. The van der Waals surface area contributed by atoms with Crippen LogP contribution < -0.4 is 0 Å². The van der Waals surface area contributed by atoms with Crippen LogP contribution in [0, 0.1) is 6.07 Å². The minimum Gasteiger partial charge on any atom is -0.293 e. The monoisotopic (exact) mass is 479 g/mol. The smallest absolute Gasteiger partial charge is 0.174 e. The Morgan fingerprint density at radius 2 is 1.47 bits per heavy atom. The summed E-state index contributed by atoms with van der Waals surface area (Å²) in [6.07, 6.45) is 5.42. The van der Waals surface area contributed by atoms with Gasteiger partial charge in [-0.05, 0) is 41.7 Å². The summed E-state index contributed by atoms with van der Waals surface area (Å²) < 4.78 is 0.893. The topological polar surface area (TPSA) is 17.1 Å². The lowest BCUT2D eigenvalue weighted by Crippen LogP contribution is -2.38. The Kier molecular flexibility index (Phi) is 7.14. The number of Topliss-reactive ketones (excluding diaryl/α,β-unsaturated/α-hetero) is 1. The van der Waals surface area contributed by atoms with E-state index in [4.69, 9.17) is 0 Å². The number of carbonyl (C=O) groups excluding carboxylic acids is 1. The second-order valence-corrected chi connectivity index (χ2v) is 8.74. The van der Waals surface area contributed by atoms with Crippen LogP contribution in [0.3, 0.4) is 0 Å². The van der Waals surface area contributed by atoms with E-state index in [9.17, 15) is 4.79 Å². The molecule has 0 aliphatic heterocycles. The van der Waals surface area contributed by atoms with Crippen molar-refractivity contribution in [3.05, 3.63) is 148 Å². The molecule has 1 unspecified atom stereocenters. The second-order valence-electron chi connectivity index (χ2n) is 7.88. The number of halogens is 1. The van der Waals surface area contributed by atoms with Gasteiger partial charge in [0.05, 0.1) is 5.41 Å². The highest BCUT2D eigenvalue weighted by atomic mass is 79.9. The highest BCUT2D eigenvalue weighted by molar-refractivity contribution is 9.10. The van der Waals surface area contributed by atoms with Crippen LogP contribution in [0.1, 0.15) is 33.5 Å². The molecule has 4 aromatic carbocycles. The molecule has 1 radical (unpaired) electrons. The van der Waals surface area contributed by atoms with Crippen molar-refractivity contribution in [2.24, 2.45) is 0 Å². The predicted molar refractivity (Wildman–Crippen MR) is 136 cm³/mol. The van der Waals surface area contributed by atoms with Crippen molar-refractivity contribution in [1.29, 1.82) is 0 Å². The molecule has 0 saturated heterocycles. The lowest BCUT2D eigenvalue weighted by atomic mass is 9.68. The Hall–Kier alpha value is -3.23. The Balaban J connectivity index is 1.82. The number of hydrogen-bond acceptors (Lipinski definition) is 1. The van der Waals surface area contributed by atoms with E-state index in [1.165, 1.54) is 0 Å². The number of benzene rings is 4. The quantitative estimate of drug-likeness (QED) is 0.236. The summed E-state index contributed by atoms with van der Waals surface area (Å²) in [7, 11) is 0. The fraction of sp³-hybridized carbons (Fsp3) is 0.100. The van der Waals surface area contributed by atoms with Crippen molar-refractivity contribution in [2.75, 3.05) is 0 Å². The highest BCUT2D eigenvalue weighted by Crippen LogP contribution is 2.37. The first-order chi connectivity index (χ1) is 15.7. The molecule has 2 heteroatoms. The standard InChI is InChI=1S/C30H24BrO/c31-28-20-10-14-25(22-28)23-30(27-18-8-3-9-19-27,29(32)26-16-6-2-7-17-26)21-11-15-24-12-4-1-5-13-24/h1-19,22H,21,23H2/b15-11+. The van der Waals surface area contributed by atoms with Crippen LogP contribution in [0.5, 0.6) is 0 Å². The summed E-state index contributed by atoms with van der Waals surface area (Å²) in [6.45, 7) is 0. The van der Waals surface area contributed by atoms with Crippen LogP contribution >= 0.6 is 15.9 Å². The van der Waals surface area contributed by atoms with Crippen LogP contribution in [0.25, 0.3) is 6.08 Å². The zero-order valence-electron chi connectivity index (χ0n) is 17.7. The van der Waals surface area contributed by atoms with E-state index < -0.39 is 5.41 Å². The third-order valence-corrected chi connectivity index (χ3v) is 6.17.